The summed E-state index contributed by atoms with van der Waals surface area (Å²) in [5, 5.41) is 4.59. The SMILES string of the molecule is Cc1cc(C)c(Cn2nc(C(C)C)cc2C(=O)NS(=O)(=O)c2cccc(N)c2)c(C)c1.[HH]. The van der Waals surface area contributed by atoms with Crippen molar-refractivity contribution >= 4 is 21.6 Å². The summed E-state index contributed by atoms with van der Waals surface area (Å²) in [4.78, 5) is 12.9. The fourth-order valence-corrected chi connectivity index (χ4v) is 4.56. The van der Waals surface area contributed by atoms with Gasteiger partial charge in [-0.25, -0.2) is 13.1 Å². The summed E-state index contributed by atoms with van der Waals surface area (Å²) in [5.41, 5.74) is 11.3. The zero-order chi connectivity index (χ0) is 22.9. The van der Waals surface area contributed by atoms with Crippen molar-refractivity contribution in [2.75, 3.05) is 5.73 Å². The number of rotatable bonds is 6. The lowest BCUT2D eigenvalue weighted by molar-refractivity contribution is 0.0971. The van der Waals surface area contributed by atoms with Crippen LogP contribution in [-0.2, 0) is 16.6 Å². The van der Waals surface area contributed by atoms with Crippen LogP contribution >= 0.6 is 0 Å². The molecule has 8 heteroatoms. The molecule has 0 bridgehead atoms. The predicted octanol–water partition coefficient (Wildman–Crippen LogP) is 3.93. The summed E-state index contributed by atoms with van der Waals surface area (Å²) in [6, 6.07) is 11.6. The van der Waals surface area contributed by atoms with E-state index >= 15 is 0 Å². The summed E-state index contributed by atoms with van der Waals surface area (Å²) < 4.78 is 29.1. The third-order valence-electron chi connectivity index (χ3n) is 5.17. The van der Waals surface area contributed by atoms with E-state index in [4.69, 9.17) is 5.73 Å². The number of nitrogens with two attached hydrogens (primary N) is 1. The largest absolute Gasteiger partial charge is 0.399 e. The topological polar surface area (TPSA) is 107 Å². The van der Waals surface area contributed by atoms with Crippen molar-refractivity contribution in [3.05, 3.63) is 76.1 Å². The zero-order valence-electron chi connectivity index (χ0n) is 18.4. The Labute approximate surface area is 184 Å². The van der Waals surface area contributed by atoms with Gasteiger partial charge in [0, 0.05) is 7.11 Å². The molecule has 166 valence electrons. The van der Waals surface area contributed by atoms with Crippen LogP contribution in [0.15, 0.2) is 47.4 Å². The van der Waals surface area contributed by atoms with Crippen molar-refractivity contribution < 1.29 is 14.6 Å². The molecule has 0 spiro atoms. The Morgan fingerprint density at radius 2 is 1.77 bits per heavy atom. The Morgan fingerprint density at radius 1 is 1.13 bits per heavy atom. The van der Waals surface area contributed by atoms with Crippen LogP contribution in [0, 0.1) is 20.8 Å². The highest BCUT2D eigenvalue weighted by molar-refractivity contribution is 7.90. The third-order valence-corrected chi connectivity index (χ3v) is 6.50. The number of hydrogen-bond donors (Lipinski definition) is 2. The first-order valence-corrected chi connectivity index (χ1v) is 11.5. The normalized spacial score (nSPS) is 11.7. The van der Waals surface area contributed by atoms with Crippen molar-refractivity contribution in [1.29, 1.82) is 0 Å². The molecule has 0 aliphatic carbocycles. The number of aromatic nitrogens is 2. The predicted molar refractivity (Wildman–Crippen MR) is 124 cm³/mol. The van der Waals surface area contributed by atoms with E-state index < -0.39 is 15.9 Å². The summed E-state index contributed by atoms with van der Waals surface area (Å²) in [6.07, 6.45) is 0. The van der Waals surface area contributed by atoms with Gasteiger partial charge in [0.25, 0.3) is 15.9 Å². The summed E-state index contributed by atoms with van der Waals surface area (Å²) in [7, 11) is -4.07. The molecule has 7 nitrogen and oxygen atoms in total. The van der Waals surface area contributed by atoms with Gasteiger partial charge in [-0.15, -0.1) is 0 Å². The molecule has 3 aromatic rings. The highest BCUT2D eigenvalue weighted by Gasteiger charge is 2.24. The van der Waals surface area contributed by atoms with Crippen molar-refractivity contribution in [1.82, 2.24) is 14.5 Å². The van der Waals surface area contributed by atoms with Gasteiger partial charge in [0.1, 0.15) is 5.69 Å². The van der Waals surface area contributed by atoms with Crippen LogP contribution in [0.5, 0.6) is 0 Å². The maximum Gasteiger partial charge on any atom is 0.283 e. The molecule has 2 aromatic carbocycles. The number of nitrogens with zero attached hydrogens (tertiary/aromatic N) is 2. The van der Waals surface area contributed by atoms with E-state index in [1.54, 1.807) is 16.8 Å². The first-order chi connectivity index (χ1) is 14.5. The number of nitrogens with one attached hydrogen (secondary N) is 1. The molecule has 0 aliphatic rings. The molecule has 0 radical (unpaired) electrons. The molecule has 1 amide bonds. The quantitative estimate of drug-likeness (QED) is 0.563. The smallest absolute Gasteiger partial charge is 0.283 e. The first kappa shape index (κ1) is 22.6. The van der Waals surface area contributed by atoms with Crippen LogP contribution < -0.4 is 10.5 Å². The molecule has 0 fully saturated rings. The standard InChI is InChI=1S/C23H28N4O3S.H2/c1-14(2)21-12-22(23(28)26-31(29,30)19-8-6-7-18(24)11-19)27(25-21)13-20-16(4)9-15(3)10-17(20)5;/h6-12,14H,13,24H2,1-5H3,(H,26,28);1H. The van der Waals surface area contributed by atoms with Crippen molar-refractivity contribution in [3.8, 4) is 0 Å². The van der Waals surface area contributed by atoms with Crippen LogP contribution in [0.2, 0.25) is 0 Å². The maximum absolute atomic E-state index is 13.0. The number of anilines is 1. The Hall–Kier alpha value is -3.13. The van der Waals surface area contributed by atoms with Gasteiger partial charge in [0.05, 0.1) is 17.1 Å². The van der Waals surface area contributed by atoms with Gasteiger partial charge in [-0.05, 0) is 67.6 Å². The number of carbonyl (C=O) groups is 1. The summed E-state index contributed by atoms with van der Waals surface area (Å²) >= 11 is 0. The van der Waals surface area contributed by atoms with Gasteiger partial charge in [-0.1, -0.05) is 37.6 Å². The van der Waals surface area contributed by atoms with Crippen molar-refractivity contribution in [2.24, 2.45) is 0 Å². The maximum atomic E-state index is 13.0. The molecule has 0 saturated carbocycles. The van der Waals surface area contributed by atoms with E-state index in [0.717, 1.165) is 22.3 Å². The molecule has 3 rings (SSSR count). The third kappa shape index (κ3) is 4.96. The van der Waals surface area contributed by atoms with E-state index in [2.05, 4.69) is 22.0 Å². The van der Waals surface area contributed by atoms with Crippen LogP contribution in [0.25, 0.3) is 0 Å². The number of amides is 1. The van der Waals surface area contributed by atoms with Crippen molar-refractivity contribution in [3.63, 3.8) is 0 Å². The lowest BCUT2D eigenvalue weighted by Crippen LogP contribution is -2.32. The van der Waals surface area contributed by atoms with Gasteiger partial charge >= 0.3 is 0 Å². The fourth-order valence-electron chi connectivity index (χ4n) is 3.55. The van der Waals surface area contributed by atoms with Crippen LogP contribution in [-0.4, -0.2) is 24.1 Å². The van der Waals surface area contributed by atoms with Crippen LogP contribution in [0.3, 0.4) is 0 Å². The number of benzene rings is 2. The first-order valence-electron chi connectivity index (χ1n) is 10.0. The van der Waals surface area contributed by atoms with E-state index in [0.29, 0.717) is 17.9 Å². The van der Waals surface area contributed by atoms with E-state index in [1.807, 2.05) is 34.6 Å². The van der Waals surface area contributed by atoms with Crippen molar-refractivity contribution in [2.45, 2.75) is 52.0 Å². The second-order valence-corrected chi connectivity index (χ2v) is 9.83. The minimum atomic E-state index is -4.07. The molecular formula is C23H30N4O3S. The minimum absolute atomic E-state index is 0. The van der Waals surface area contributed by atoms with Gasteiger partial charge in [0.2, 0.25) is 0 Å². The molecule has 0 unspecified atom stereocenters. The Kier molecular flexibility index (Phi) is 6.22. The van der Waals surface area contributed by atoms with E-state index in [9.17, 15) is 13.2 Å². The monoisotopic (exact) mass is 442 g/mol. The second-order valence-electron chi connectivity index (χ2n) is 8.15. The Bertz CT molecular complexity index is 1230. The number of hydrogen-bond acceptors (Lipinski definition) is 5. The highest BCUT2D eigenvalue weighted by atomic mass is 32.2. The molecule has 1 heterocycles. The second kappa shape index (κ2) is 8.55. The lowest BCUT2D eigenvalue weighted by Gasteiger charge is -2.14. The highest BCUT2D eigenvalue weighted by Crippen LogP contribution is 2.21. The summed E-state index contributed by atoms with van der Waals surface area (Å²) in [5.74, 6) is -0.650. The number of carbonyl (C=O) groups excluding carboxylic acids is 1. The summed E-state index contributed by atoms with van der Waals surface area (Å²) in [6.45, 7) is 10.4. The molecule has 0 atom stereocenters. The molecule has 31 heavy (non-hydrogen) atoms. The van der Waals surface area contributed by atoms with E-state index in [1.165, 1.54) is 18.2 Å². The van der Waals surface area contributed by atoms with Gasteiger partial charge < -0.3 is 5.73 Å². The molecule has 1 aromatic heterocycles. The number of nitrogen functional groups attached to an aromatic ring is 1. The Balaban J connectivity index is 0.00000363. The average molecular weight is 443 g/mol. The fraction of sp³-hybridized carbons (Fsp3) is 0.304. The van der Waals surface area contributed by atoms with Gasteiger partial charge in [0.15, 0.2) is 0 Å². The van der Waals surface area contributed by atoms with Crippen LogP contribution in [0.1, 0.15) is 59.6 Å². The number of aryl methyl sites for hydroxylation is 3. The molecule has 3 N–H and O–H groups in total. The minimum Gasteiger partial charge on any atom is -0.399 e. The molecule has 0 aliphatic heterocycles. The van der Waals surface area contributed by atoms with Gasteiger partial charge in [-0.3, -0.25) is 9.48 Å². The van der Waals surface area contributed by atoms with E-state index in [-0.39, 0.29) is 17.9 Å². The zero-order valence-corrected chi connectivity index (χ0v) is 19.2. The average Bonchev–Trinajstić information content (AvgIpc) is 3.09. The molecule has 0 saturated heterocycles. The van der Waals surface area contributed by atoms with Gasteiger partial charge in [-0.2, -0.15) is 5.10 Å². The lowest BCUT2D eigenvalue weighted by atomic mass is 10.00. The molecular weight excluding hydrogens is 412 g/mol. The van der Waals surface area contributed by atoms with Crippen LogP contribution in [0.4, 0.5) is 5.69 Å². The Morgan fingerprint density at radius 3 is 2.35 bits per heavy atom. The number of sulfonamides is 1.